The van der Waals surface area contributed by atoms with Crippen molar-refractivity contribution in [2.24, 2.45) is 0 Å². The molecule has 1 aromatic heterocycles. The summed E-state index contributed by atoms with van der Waals surface area (Å²) >= 11 is 13.9. The van der Waals surface area contributed by atoms with Crippen molar-refractivity contribution in [2.75, 3.05) is 0 Å². The van der Waals surface area contributed by atoms with Crippen molar-refractivity contribution in [3.63, 3.8) is 0 Å². The van der Waals surface area contributed by atoms with E-state index in [1.165, 1.54) is 10.5 Å². The Bertz CT molecular complexity index is 757. The first kappa shape index (κ1) is 15.5. The zero-order valence-corrected chi connectivity index (χ0v) is 14.1. The van der Waals surface area contributed by atoms with Gasteiger partial charge in [0.05, 0.1) is 0 Å². The molecule has 0 aliphatic carbocycles. The number of aromatic nitrogens is 2. The van der Waals surface area contributed by atoms with Gasteiger partial charge in [0, 0.05) is 39.5 Å². The minimum atomic E-state index is 0.664. The van der Waals surface area contributed by atoms with E-state index >= 15 is 0 Å². The Kier molecular flexibility index (Phi) is 5.08. The van der Waals surface area contributed by atoms with Gasteiger partial charge in [0.2, 0.25) is 0 Å². The lowest BCUT2D eigenvalue weighted by Crippen LogP contribution is -1.93. The molecular formula is C17H14Cl2N2S. The van der Waals surface area contributed by atoms with Crippen LogP contribution in [0.3, 0.4) is 0 Å². The minimum Gasteiger partial charge on any atom is -0.348 e. The summed E-state index contributed by atoms with van der Waals surface area (Å²) in [6, 6.07) is 14.0. The molecule has 0 spiro atoms. The number of imidazole rings is 1. The molecule has 3 rings (SSSR count). The highest BCUT2D eigenvalue weighted by Crippen LogP contribution is 2.31. The van der Waals surface area contributed by atoms with Gasteiger partial charge < -0.3 is 4.98 Å². The topological polar surface area (TPSA) is 28.7 Å². The highest BCUT2D eigenvalue weighted by Gasteiger charge is 2.07. The number of halogens is 2. The van der Waals surface area contributed by atoms with E-state index in [0.29, 0.717) is 10.0 Å². The summed E-state index contributed by atoms with van der Waals surface area (Å²) < 4.78 is 0. The number of aromatic amines is 1. The number of H-pyrrole nitrogens is 1. The Labute approximate surface area is 143 Å². The van der Waals surface area contributed by atoms with Crippen LogP contribution in [-0.4, -0.2) is 9.97 Å². The number of nitrogens with one attached hydrogen (secondary N) is 1. The highest BCUT2D eigenvalue weighted by molar-refractivity contribution is 7.98. The van der Waals surface area contributed by atoms with E-state index < -0.39 is 0 Å². The van der Waals surface area contributed by atoms with Crippen LogP contribution in [-0.2, 0) is 12.2 Å². The molecule has 0 unspecified atom stereocenters. The zero-order chi connectivity index (χ0) is 15.4. The van der Waals surface area contributed by atoms with E-state index in [-0.39, 0.29) is 0 Å². The molecule has 0 saturated carbocycles. The van der Waals surface area contributed by atoms with Crippen LogP contribution in [0, 0.1) is 0 Å². The fourth-order valence-electron chi connectivity index (χ4n) is 2.16. The van der Waals surface area contributed by atoms with Crippen molar-refractivity contribution in [2.45, 2.75) is 17.1 Å². The Balaban J connectivity index is 1.75. The van der Waals surface area contributed by atoms with E-state index in [4.69, 9.17) is 23.2 Å². The van der Waals surface area contributed by atoms with Crippen molar-refractivity contribution in [3.8, 4) is 0 Å². The Morgan fingerprint density at radius 3 is 2.68 bits per heavy atom. The molecule has 0 aliphatic heterocycles. The summed E-state index contributed by atoms with van der Waals surface area (Å²) in [4.78, 5) is 8.68. The molecule has 112 valence electrons. The lowest BCUT2D eigenvalue weighted by atomic mass is 10.1. The monoisotopic (exact) mass is 348 g/mol. The number of thioether (sulfide) groups is 1. The summed E-state index contributed by atoms with van der Waals surface area (Å²) in [6.07, 6.45) is 4.42. The third kappa shape index (κ3) is 3.86. The van der Waals surface area contributed by atoms with Gasteiger partial charge in [-0.1, -0.05) is 47.5 Å². The number of nitrogens with zero attached hydrogens (tertiary/aromatic N) is 1. The molecule has 3 aromatic rings. The molecule has 2 aromatic carbocycles. The molecule has 0 bridgehead atoms. The molecule has 0 atom stereocenters. The van der Waals surface area contributed by atoms with Crippen LogP contribution >= 0.6 is 35.0 Å². The first-order chi connectivity index (χ1) is 10.7. The van der Waals surface area contributed by atoms with Gasteiger partial charge in [0.25, 0.3) is 0 Å². The molecule has 0 aliphatic rings. The van der Waals surface area contributed by atoms with Gasteiger partial charge in [-0.2, -0.15) is 0 Å². The van der Waals surface area contributed by atoms with Crippen LogP contribution in [0.2, 0.25) is 10.0 Å². The minimum absolute atomic E-state index is 0.664. The molecule has 22 heavy (non-hydrogen) atoms. The number of hydrogen-bond donors (Lipinski definition) is 1. The molecule has 1 N–H and O–H groups in total. The first-order valence-electron chi connectivity index (χ1n) is 6.85. The van der Waals surface area contributed by atoms with Crippen LogP contribution in [0.25, 0.3) is 0 Å². The zero-order valence-electron chi connectivity index (χ0n) is 11.7. The van der Waals surface area contributed by atoms with Crippen molar-refractivity contribution < 1.29 is 0 Å². The summed E-state index contributed by atoms with van der Waals surface area (Å²) in [5, 5.41) is 1.38. The fraction of sp³-hybridized carbons (Fsp3) is 0.118. The van der Waals surface area contributed by atoms with Gasteiger partial charge in [-0.15, -0.1) is 11.8 Å². The molecule has 1 heterocycles. The maximum absolute atomic E-state index is 6.24. The van der Waals surface area contributed by atoms with E-state index in [1.807, 2.05) is 18.3 Å². The second kappa shape index (κ2) is 7.23. The van der Waals surface area contributed by atoms with Crippen LogP contribution in [0.4, 0.5) is 0 Å². The quantitative estimate of drug-likeness (QED) is 0.608. The SMILES string of the molecule is Clc1ccc(CSc2ccccc2Cc2ncc[nH]2)c(Cl)c1. The maximum Gasteiger partial charge on any atom is 0.110 e. The van der Waals surface area contributed by atoms with Gasteiger partial charge in [-0.3, -0.25) is 0 Å². The van der Waals surface area contributed by atoms with E-state index in [0.717, 1.165) is 23.6 Å². The summed E-state index contributed by atoms with van der Waals surface area (Å²) in [6.45, 7) is 0. The van der Waals surface area contributed by atoms with E-state index in [1.54, 1.807) is 24.0 Å². The van der Waals surface area contributed by atoms with Gasteiger partial charge in [-0.05, 0) is 29.3 Å². The third-order valence-corrected chi connectivity index (χ3v) is 5.04. The van der Waals surface area contributed by atoms with Crippen LogP contribution < -0.4 is 0 Å². The summed E-state index contributed by atoms with van der Waals surface area (Å²) in [5.41, 5.74) is 2.34. The molecule has 0 fully saturated rings. The summed E-state index contributed by atoms with van der Waals surface area (Å²) in [5.74, 6) is 1.78. The number of hydrogen-bond acceptors (Lipinski definition) is 2. The fourth-order valence-corrected chi connectivity index (χ4v) is 3.78. The van der Waals surface area contributed by atoms with E-state index in [9.17, 15) is 0 Å². The number of rotatable bonds is 5. The molecule has 0 radical (unpaired) electrons. The van der Waals surface area contributed by atoms with Crippen LogP contribution in [0.5, 0.6) is 0 Å². The average molecular weight is 349 g/mol. The molecule has 0 saturated heterocycles. The van der Waals surface area contributed by atoms with Crippen LogP contribution in [0.1, 0.15) is 17.0 Å². The van der Waals surface area contributed by atoms with Crippen molar-refractivity contribution in [1.82, 2.24) is 9.97 Å². The predicted molar refractivity (Wildman–Crippen MR) is 93.9 cm³/mol. The molecule has 2 nitrogen and oxygen atoms in total. The predicted octanol–water partition coefficient (Wildman–Crippen LogP) is 5.60. The molecular weight excluding hydrogens is 335 g/mol. The Morgan fingerprint density at radius 2 is 1.91 bits per heavy atom. The number of benzene rings is 2. The van der Waals surface area contributed by atoms with Crippen LogP contribution in [0.15, 0.2) is 59.8 Å². The van der Waals surface area contributed by atoms with Crippen molar-refractivity contribution in [3.05, 3.63) is 81.9 Å². The lowest BCUT2D eigenvalue weighted by molar-refractivity contribution is 1.00. The van der Waals surface area contributed by atoms with Gasteiger partial charge >= 0.3 is 0 Å². The molecule has 5 heteroatoms. The van der Waals surface area contributed by atoms with Gasteiger partial charge in [0.15, 0.2) is 0 Å². The van der Waals surface area contributed by atoms with Crippen molar-refractivity contribution >= 4 is 35.0 Å². The summed E-state index contributed by atoms with van der Waals surface area (Å²) in [7, 11) is 0. The second-order valence-electron chi connectivity index (χ2n) is 4.84. The lowest BCUT2D eigenvalue weighted by Gasteiger charge is -2.09. The molecule has 0 amide bonds. The first-order valence-corrected chi connectivity index (χ1v) is 8.59. The van der Waals surface area contributed by atoms with Gasteiger partial charge in [0.1, 0.15) is 5.82 Å². The Hall–Kier alpha value is -1.42. The largest absolute Gasteiger partial charge is 0.348 e. The maximum atomic E-state index is 6.24. The third-order valence-electron chi connectivity index (χ3n) is 3.28. The standard InChI is InChI=1S/C17H14Cl2N2S/c18-14-6-5-13(15(19)10-14)11-22-16-4-2-1-3-12(16)9-17-20-7-8-21-17/h1-8,10H,9,11H2,(H,20,21). The normalized spacial score (nSPS) is 10.8. The highest BCUT2D eigenvalue weighted by atomic mass is 35.5. The smallest absolute Gasteiger partial charge is 0.110 e. The van der Waals surface area contributed by atoms with E-state index in [2.05, 4.69) is 34.2 Å². The Morgan fingerprint density at radius 1 is 1.05 bits per heavy atom. The van der Waals surface area contributed by atoms with Gasteiger partial charge in [-0.25, -0.2) is 4.98 Å². The second-order valence-corrected chi connectivity index (χ2v) is 6.71. The van der Waals surface area contributed by atoms with Crippen molar-refractivity contribution in [1.29, 1.82) is 0 Å². The average Bonchev–Trinajstić information content (AvgIpc) is 3.01.